The number of aryl methyl sites for hydroxylation is 1. The van der Waals surface area contributed by atoms with Crippen LogP contribution >= 0.6 is 0 Å². The molecular formula is C15H20N6O3. The fourth-order valence-electron chi connectivity index (χ4n) is 2.14. The quantitative estimate of drug-likeness (QED) is 0.740. The Kier molecular flexibility index (Phi) is 5.12. The number of hydrogen-bond donors (Lipinski definition) is 3. The van der Waals surface area contributed by atoms with Crippen LogP contribution in [0.2, 0.25) is 0 Å². The Bertz CT molecular complexity index is 740. The van der Waals surface area contributed by atoms with Gasteiger partial charge < -0.3 is 15.7 Å². The number of amides is 2. The van der Waals surface area contributed by atoms with Gasteiger partial charge >= 0.3 is 12.0 Å². The Morgan fingerprint density at radius 2 is 2.08 bits per heavy atom. The van der Waals surface area contributed by atoms with Gasteiger partial charge in [0.15, 0.2) is 5.82 Å². The smallest absolute Gasteiger partial charge is 0.319 e. The lowest BCUT2D eigenvalue weighted by molar-refractivity contribution is -0.137. The van der Waals surface area contributed by atoms with Crippen molar-refractivity contribution in [1.29, 1.82) is 0 Å². The van der Waals surface area contributed by atoms with Crippen LogP contribution in [-0.2, 0) is 4.79 Å². The van der Waals surface area contributed by atoms with E-state index in [0.717, 1.165) is 5.69 Å². The van der Waals surface area contributed by atoms with Crippen molar-refractivity contribution in [1.82, 2.24) is 25.5 Å². The van der Waals surface area contributed by atoms with Crippen molar-refractivity contribution in [3.05, 3.63) is 30.1 Å². The summed E-state index contributed by atoms with van der Waals surface area (Å²) in [4.78, 5) is 22.8. The normalized spacial score (nSPS) is 11.1. The summed E-state index contributed by atoms with van der Waals surface area (Å²) < 4.78 is 1.56. The number of hydrogen-bond acceptors (Lipinski definition) is 5. The molecule has 0 aliphatic heterocycles. The molecule has 0 saturated carbocycles. The van der Waals surface area contributed by atoms with E-state index in [2.05, 4.69) is 26.2 Å². The molecule has 0 bridgehead atoms. The van der Waals surface area contributed by atoms with E-state index in [9.17, 15) is 9.59 Å². The number of tetrazole rings is 1. The molecular weight excluding hydrogens is 312 g/mol. The van der Waals surface area contributed by atoms with Crippen LogP contribution in [0.1, 0.15) is 32.5 Å². The summed E-state index contributed by atoms with van der Waals surface area (Å²) in [5.41, 5.74) is 0.668. The Labute approximate surface area is 139 Å². The van der Waals surface area contributed by atoms with E-state index in [0.29, 0.717) is 17.9 Å². The molecule has 0 atom stereocenters. The highest BCUT2D eigenvalue weighted by Crippen LogP contribution is 2.16. The van der Waals surface area contributed by atoms with E-state index >= 15 is 0 Å². The van der Waals surface area contributed by atoms with Gasteiger partial charge in [0.1, 0.15) is 0 Å². The van der Waals surface area contributed by atoms with Crippen LogP contribution in [0.5, 0.6) is 0 Å². The third kappa shape index (κ3) is 4.77. The Morgan fingerprint density at radius 3 is 2.71 bits per heavy atom. The number of urea groups is 1. The Hall–Kier alpha value is -2.97. The summed E-state index contributed by atoms with van der Waals surface area (Å²) in [7, 11) is 0. The second-order valence-electron chi connectivity index (χ2n) is 6.04. The van der Waals surface area contributed by atoms with Crippen LogP contribution in [0, 0.1) is 6.92 Å². The second kappa shape index (κ2) is 7.07. The molecule has 128 valence electrons. The van der Waals surface area contributed by atoms with Crippen molar-refractivity contribution in [3.8, 4) is 5.69 Å². The van der Waals surface area contributed by atoms with Crippen LogP contribution in [0.15, 0.2) is 24.3 Å². The van der Waals surface area contributed by atoms with E-state index in [1.54, 1.807) is 43.7 Å². The highest BCUT2D eigenvalue weighted by molar-refractivity contribution is 5.90. The molecule has 2 rings (SSSR count). The van der Waals surface area contributed by atoms with Gasteiger partial charge in [0.2, 0.25) is 0 Å². The third-order valence-corrected chi connectivity index (χ3v) is 3.39. The SMILES string of the molecule is Cc1nnnn1-c1cccc(NC(=O)NC(C)(C)CCC(=O)O)c1. The Morgan fingerprint density at radius 1 is 1.33 bits per heavy atom. The number of nitrogens with zero attached hydrogens (tertiary/aromatic N) is 4. The number of carbonyl (C=O) groups is 2. The number of carbonyl (C=O) groups excluding carboxylic acids is 1. The average molecular weight is 332 g/mol. The molecule has 9 nitrogen and oxygen atoms in total. The van der Waals surface area contributed by atoms with Crippen LogP contribution in [-0.4, -0.2) is 42.9 Å². The third-order valence-electron chi connectivity index (χ3n) is 3.39. The predicted octanol–water partition coefficient (Wildman–Crippen LogP) is 1.74. The van der Waals surface area contributed by atoms with Gasteiger partial charge in [0.05, 0.1) is 5.69 Å². The van der Waals surface area contributed by atoms with E-state index in [4.69, 9.17) is 5.11 Å². The topological polar surface area (TPSA) is 122 Å². The van der Waals surface area contributed by atoms with Gasteiger partial charge in [0, 0.05) is 17.6 Å². The molecule has 0 fully saturated rings. The molecule has 1 aromatic carbocycles. The summed E-state index contributed by atoms with van der Waals surface area (Å²) in [5, 5.41) is 25.5. The number of anilines is 1. The second-order valence-corrected chi connectivity index (χ2v) is 6.04. The van der Waals surface area contributed by atoms with Crippen molar-refractivity contribution in [2.45, 2.75) is 39.2 Å². The highest BCUT2D eigenvalue weighted by Gasteiger charge is 2.21. The Balaban J connectivity index is 2.02. The van der Waals surface area contributed by atoms with Crippen LogP contribution < -0.4 is 10.6 Å². The van der Waals surface area contributed by atoms with Gasteiger partial charge in [-0.25, -0.2) is 4.79 Å². The molecule has 3 N–H and O–H groups in total. The molecule has 0 spiro atoms. The molecule has 1 heterocycles. The first kappa shape index (κ1) is 17.4. The molecule has 0 saturated heterocycles. The molecule has 0 unspecified atom stereocenters. The summed E-state index contributed by atoms with van der Waals surface area (Å²) in [5.74, 6) is -0.263. The van der Waals surface area contributed by atoms with Crippen molar-refractivity contribution < 1.29 is 14.7 Å². The first-order valence-corrected chi connectivity index (χ1v) is 7.43. The maximum atomic E-state index is 12.1. The summed E-state index contributed by atoms with van der Waals surface area (Å²) in [6.07, 6.45) is 0.320. The molecule has 24 heavy (non-hydrogen) atoms. The minimum atomic E-state index is -0.894. The lowest BCUT2D eigenvalue weighted by Gasteiger charge is -2.25. The fourth-order valence-corrected chi connectivity index (χ4v) is 2.14. The van der Waals surface area contributed by atoms with Gasteiger partial charge in [-0.3, -0.25) is 4.79 Å². The molecule has 0 aliphatic carbocycles. The van der Waals surface area contributed by atoms with Crippen LogP contribution in [0.3, 0.4) is 0 Å². The average Bonchev–Trinajstić information content (AvgIpc) is 2.91. The summed E-state index contributed by atoms with van der Waals surface area (Å²) in [6.45, 7) is 5.32. The lowest BCUT2D eigenvalue weighted by Crippen LogP contribution is -2.45. The number of carboxylic acids is 1. The molecule has 9 heteroatoms. The molecule has 1 aromatic heterocycles. The van der Waals surface area contributed by atoms with Crippen molar-refractivity contribution in [3.63, 3.8) is 0 Å². The van der Waals surface area contributed by atoms with Crippen molar-refractivity contribution in [2.24, 2.45) is 0 Å². The number of aromatic nitrogens is 4. The van der Waals surface area contributed by atoms with E-state index < -0.39 is 17.5 Å². The predicted molar refractivity (Wildman–Crippen MR) is 87.0 cm³/mol. The molecule has 2 aromatic rings. The minimum Gasteiger partial charge on any atom is -0.481 e. The van der Waals surface area contributed by atoms with Crippen LogP contribution in [0.4, 0.5) is 10.5 Å². The number of benzene rings is 1. The van der Waals surface area contributed by atoms with Crippen molar-refractivity contribution in [2.75, 3.05) is 5.32 Å². The zero-order chi connectivity index (χ0) is 17.7. The van der Waals surface area contributed by atoms with E-state index in [-0.39, 0.29) is 6.42 Å². The van der Waals surface area contributed by atoms with Crippen LogP contribution in [0.25, 0.3) is 5.69 Å². The van der Waals surface area contributed by atoms with E-state index in [1.165, 1.54) is 0 Å². The zero-order valence-corrected chi connectivity index (χ0v) is 13.8. The largest absolute Gasteiger partial charge is 0.481 e. The number of aliphatic carboxylic acids is 1. The van der Waals surface area contributed by atoms with Gasteiger partial charge in [-0.05, 0) is 55.8 Å². The number of rotatable bonds is 6. The summed E-state index contributed by atoms with van der Waals surface area (Å²) >= 11 is 0. The zero-order valence-electron chi connectivity index (χ0n) is 13.8. The number of nitrogens with one attached hydrogen (secondary N) is 2. The maximum Gasteiger partial charge on any atom is 0.319 e. The summed E-state index contributed by atoms with van der Waals surface area (Å²) in [6, 6.07) is 6.68. The standard InChI is InChI=1S/C15H20N6O3/c1-10-18-19-20-21(10)12-6-4-5-11(9-12)16-14(24)17-15(2,3)8-7-13(22)23/h4-6,9H,7-8H2,1-3H3,(H,22,23)(H2,16,17,24). The fraction of sp³-hybridized carbons (Fsp3) is 0.400. The lowest BCUT2D eigenvalue weighted by atomic mass is 9.99. The molecule has 2 amide bonds. The minimum absolute atomic E-state index is 0.0126. The van der Waals surface area contributed by atoms with Gasteiger partial charge in [-0.2, -0.15) is 4.68 Å². The van der Waals surface area contributed by atoms with Gasteiger partial charge in [-0.15, -0.1) is 5.10 Å². The molecule has 0 aliphatic rings. The first-order valence-electron chi connectivity index (χ1n) is 7.43. The van der Waals surface area contributed by atoms with E-state index in [1.807, 2.05) is 6.07 Å². The molecule has 0 radical (unpaired) electrons. The highest BCUT2D eigenvalue weighted by atomic mass is 16.4. The number of carboxylic acid groups (broad SMARTS) is 1. The van der Waals surface area contributed by atoms with Crippen molar-refractivity contribution >= 4 is 17.7 Å². The van der Waals surface area contributed by atoms with Gasteiger partial charge in [-0.1, -0.05) is 6.07 Å². The van der Waals surface area contributed by atoms with Gasteiger partial charge in [0.25, 0.3) is 0 Å². The maximum absolute atomic E-state index is 12.1. The first-order chi connectivity index (χ1) is 11.3. The monoisotopic (exact) mass is 332 g/mol.